The maximum atomic E-state index is 14.4. The van der Waals surface area contributed by atoms with E-state index in [1.807, 2.05) is 48.5 Å². The number of nitrogens with two attached hydrogens (primary N) is 2. The highest BCUT2D eigenvalue weighted by Crippen LogP contribution is 2.41. The second-order valence-electron chi connectivity index (χ2n) is 27.1. The van der Waals surface area contributed by atoms with Gasteiger partial charge < -0.3 is 70.5 Å². The maximum Gasteiger partial charge on any atom is 0.132 e. The van der Waals surface area contributed by atoms with E-state index in [1.54, 1.807) is 12.5 Å². The van der Waals surface area contributed by atoms with Crippen molar-refractivity contribution in [1.29, 1.82) is 0 Å². The number of nitrogens with zero attached hydrogens (tertiary/aromatic N) is 2. The van der Waals surface area contributed by atoms with E-state index < -0.39 is 107 Å². The summed E-state index contributed by atoms with van der Waals surface area (Å²) < 4.78 is 93.0. The van der Waals surface area contributed by atoms with Crippen LogP contribution in [0.2, 0.25) is 0 Å². The number of halogens is 4. The van der Waals surface area contributed by atoms with Gasteiger partial charge in [0.05, 0.1) is 13.2 Å². The van der Waals surface area contributed by atoms with Crippen LogP contribution in [0, 0.1) is 23.3 Å². The zero-order chi connectivity index (χ0) is 68.2. The number of hydrogen-bond donors (Lipinski definition) is 8. The molecule has 6 aromatic carbocycles. The normalized spacial score (nSPS) is 31.3. The van der Waals surface area contributed by atoms with Gasteiger partial charge in [0, 0.05) is 61.5 Å². The van der Waals surface area contributed by atoms with Crippen LogP contribution in [-0.2, 0) is 31.8 Å². The van der Waals surface area contributed by atoms with Crippen LogP contribution in [-0.4, -0.2) is 176 Å². The van der Waals surface area contributed by atoms with Crippen LogP contribution < -0.4 is 20.9 Å². The van der Waals surface area contributed by atoms with Gasteiger partial charge in [-0.15, -0.1) is 23.5 Å². The lowest BCUT2D eigenvalue weighted by molar-refractivity contribution is -0.200. The minimum Gasteiger partial charge on any atom is -0.489 e. The molecule has 6 aliphatic rings. The molecule has 6 aromatic rings. The van der Waals surface area contributed by atoms with Crippen LogP contribution in [0.25, 0.3) is 0 Å². The molecule has 6 heterocycles. The van der Waals surface area contributed by atoms with Crippen molar-refractivity contribution >= 4 is 23.5 Å². The maximum absolute atomic E-state index is 14.4. The third-order valence-corrected chi connectivity index (χ3v) is 21.5. The average Bonchev–Trinajstić information content (AvgIpc) is 1.20. The van der Waals surface area contributed by atoms with Gasteiger partial charge in [-0.05, 0) is 168 Å². The molecular formula is C74H92F4N4O12S2. The van der Waals surface area contributed by atoms with Crippen molar-refractivity contribution in [2.24, 2.45) is 11.5 Å². The van der Waals surface area contributed by atoms with Crippen molar-refractivity contribution in [1.82, 2.24) is 9.80 Å². The van der Waals surface area contributed by atoms with Crippen molar-refractivity contribution in [3.05, 3.63) is 200 Å². The molecule has 0 unspecified atom stereocenters. The van der Waals surface area contributed by atoms with Gasteiger partial charge in [0.1, 0.15) is 119 Å². The van der Waals surface area contributed by atoms with Crippen LogP contribution in [0.15, 0.2) is 121 Å². The average molecular weight is 1370 g/mol. The Morgan fingerprint density at radius 3 is 1.23 bits per heavy atom. The molecule has 0 aliphatic carbocycles. The molecule has 0 radical (unpaired) electrons. The van der Waals surface area contributed by atoms with Crippen molar-refractivity contribution in [3.63, 3.8) is 0 Å². The molecule has 6 aliphatic heterocycles. The summed E-state index contributed by atoms with van der Waals surface area (Å²) in [5, 5.41) is 63.0. The number of aliphatic hydroxyl groups is 6. The molecule has 18 atom stereocenters. The van der Waals surface area contributed by atoms with E-state index in [0.29, 0.717) is 38.9 Å². The molecule has 6 fully saturated rings. The highest BCUT2D eigenvalue weighted by atomic mass is 32.2. The first-order chi connectivity index (χ1) is 46.0. The third kappa shape index (κ3) is 16.6. The first-order valence-electron chi connectivity index (χ1n) is 33.4. The van der Waals surface area contributed by atoms with Crippen LogP contribution in [0.3, 0.4) is 0 Å². The lowest BCUT2D eigenvalue weighted by Gasteiger charge is -2.40. The molecular weight excluding hydrogens is 1280 g/mol. The minimum atomic E-state index is -1.30. The van der Waals surface area contributed by atoms with Crippen LogP contribution >= 0.6 is 23.5 Å². The lowest BCUT2D eigenvalue weighted by atomic mass is 9.88. The zero-order valence-corrected chi connectivity index (χ0v) is 56.7. The number of ether oxygens (including phenoxy) is 6. The summed E-state index contributed by atoms with van der Waals surface area (Å²) in [6.45, 7) is 12.5. The number of hydrogen-bond acceptors (Lipinski definition) is 18. The van der Waals surface area contributed by atoms with Crippen LogP contribution in [0.4, 0.5) is 17.6 Å². The fourth-order valence-electron chi connectivity index (χ4n) is 14.5. The Kier molecular flexibility index (Phi) is 24.0. The Balaban J connectivity index is 0.000000195. The smallest absolute Gasteiger partial charge is 0.132 e. The highest BCUT2D eigenvalue weighted by Gasteiger charge is 2.46. The van der Waals surface area contributed by atoms with E-state index in [0.717, 1.165) is 108 Å². The Bertz CT molecular complexity index is 3320. The minimum absolute atomic E-state index is 0.00980. The van der Waals surface area contributed by atoms with Crippen molar-refractivity contribution in [2.45, 2.75) is 186 Å². The lowest BCUT2D eigenvalue weighted by Crippen LogP contribution is -2.52. The summed E-state index contributed by atoms with van der Waals surface area (Å²) in [5.74, 6) is 0.101. The molecule has 0 amide bonds. The van der Waals surface area contributed by atoms with Gasteiger partial charge >= 0.3 is 0 Å². The van der Waals surface area contributed by atoms with E-state index in [1.165, 1.54) is 46.8 Å². The molecule has 0 aromatic heterocycles. The fraction of sp³-hybridized carbons (Fsp3) is 0.514. The molecule has 12 rings (SSSR count). The predicted octanol–water partition coefficient (Wildman–Crippen LogP) is 9.67. The summed E-state index contributed by atoms with van der Waals surface area (Å²) >= 11 is 2.60. The first-order valence-corrected chi connectivity index (χ1v) is 36.0. The largest absolute Gasteiger partial charge is 0.489 e. The Hall–Kier alpha value is -5.22. The van der Waals surface area contributed by atoms with Gasteiger partial charge in [-0.1, -0.05) is 88.4 Å². The summed E-state index contributed by atoms with van der Waals surface area (Å²) in [5.41, 5.74) is 20.2. The molecule has 6 saturated heterocycles. The first kappa shape index (κ1) is 72.0. The summed E-state index contributed by atoms with van der Waals surface area (Å²) in [6.07, 6.45) is -2.35. The molecule has 0 saturated carbocycles. The topological polar surface area (TPSA) is 235 Å². The number of thioether (sulfide) groups is 2. The Morgan fingerprint density at radius 1 is 0.490 bits per heavy atom. The molecule has 96 heavy (non-hydrogen) atoms. The van der Waals surface area contributed by atoms with Gasteiger partial charge in [-0.25, -0.2) is 17.6 Å². The summed E-state index contributed by atoms with van der Waals surface area (Å²) in [7, 11) is 0. The Morgan fingerprint density at radius 2 is 0.875 bits per heavy atom. The molecule has 16 nitrogen and oxygen atoms in total. The Labute approximate surface area is 568 Å². The molecule has 22 heteroatoms. The van der Waals surface area contributed by atoms with E-state index in [9.17, 15) is 48.2 Å². The zero-order valence-electron chi connectivity index (χ0n) is 55.1. The van der Waals surface area contributed by atoms with Gasteiger partial charge in [-0.3, -0.25) is 9.80 Å². The molecule has 0 spiro atoms. The summed E-state index contributed by atoms with van der Waals surface area (Å²) in [6, 6.07) is 34.3. The van der Waals surface area contributed by atoms with E-state index >= 15 is 0 Å². The van der Waals surface area contributed by atoms with Gasteiger partial charge in [-0.2, -0.15) is 0 Å². The molecule has 10 N–H and O–H groups in total. The number of rotatable bonds is 18. The number of likely N-dealkylation sites (tertiary alicyclic amines) is 2. The quantitative estimate of drug-likeness (QED) is 0.0374. The summed E-state index contributed by atoms with van der Waals surface area (Å²) in [4.78, 5) is 4.62. The predicted molar refractivity (Wildman–Crippen MR) is 362 cm³/mol. The van der Waals surface area contributed by atoms with E-state index in [-0.39, 0.29) is 47.3 Å². The second-order valence-corrected chi connectivity index (χ2v) is 29.0. The highest BCUT2D eigenvalue weighted by molar-refractivity contribution is 7.99. The fourth-order valence-corrected chi connectivity index (χ4v) is 15.9. The molecule has 520 valence electrons. The van der Waals surface area contributed by atoms with E-state index in [4.69, 9.17) is 39.9 Å². The van der Waals surface area contributed by atoms with Gasteiger partial charge in [0.2, 0.25) is 0 Å². The number of benzene rings is 6. The molecule has 0 bridgehead atoms. The van der Waals surface area contributed by atoms with Gasteiger partial charge in [0.15, 0.2) is 0 Å². The van der Waals surface area contributed by atoms with Crippen molar-refractivity contribution in [3.8, 4) is 11.5 Å². The third-order valence-electron chi connectivity index (χ3n) is 19.8. The van der Waals surface area contributed by atoms with Crippen molar-refractivity contribution in [2.75, 3.05) is 51.9 Å². The number of aliphatic hydroxyl groups excluding tert-OH is 6. The standard InChI is InChI=1S/2C37H46F2N2O6S/c2*1-20(2)28-10-6-22(35-33(43)32(42)34(44)37(47-35)48-3)15-23(28)14-21-4-8-26(9-5-21)46-27-12-13-41(18-27)25-17-31(40)36(45-19-25)29-16-24(38)7-11-30(29)39/h2*4-11,15-16,20,25,27,31-37,42-44H,12-14,17-19,40H2,1-3H3/t25-,27+,31-,32+,33+,34-,35-,36+,37+;25-,27-,31+,32-,33-,34+,35+,36-,37-/m01/s1. The second kappa shape index (κ2) is 32.0. The van der Waals surface area contributed by atoms with Crippen molar-refractivity contribution < 1.29 is 76.6 Å². The SMILES string of the molecule is CS[C@H]1O[C@@H](c2ccc(C(C)C)c(Cc3ccc(O[C@@H]4CCN([C@@H]5CO[C@H](c6cc(F)ccc6F)[C@@H](N)C5)C4)cc3)c2)[C@H](O)[C@@H](O)[C@@H]1O.CS[C@H]1O[C@@H](c2ccc(C(C)C)c(Cc3ccc(O[C@@H]4CCN([C@H]5CO[C@H](c6cc(F)ccc6F)[C@@H](N)C5)C4)cc3)c2)[C@H](O)[C@@H](O)[C@@H]1O. The van der Waals surface area contributed by atoms with Gasteiger partial charge in [0.25, 0.3) is 0 Å². The monoisotopic (exact) mass is 1370 g/mol. The van der Waals surface area contributed by atoms with Crippen LogP contribution in [0.1, 0.15) is 145 Å². The van der Waals surface area contributed by atoms with E-state index in [2.05, 4.69) is 73.9 Å². The van der Waals surface area contributed by atoms with Crippen LogP contribution in [0.5, 0.6) is 11.5 Å².